The van der Waals surface area contributed by atoms with Crippen molar-refractivity contribution in [3.05, 3.63) is 18.2 Å². The first-order chi connectivity index (χ1) is 8.61. The maximum atomic E-state index is 5.77. The molecule has 0 spiro atoms. The maximum absolute atomic E-state index is 5.77. The minimum Gasteiger partial charge on any atom is -0.399 e. The van der Waals surface area contributed by atoms with Gasteiger partial charge in [0.25, 0.3) is 0 Å². The predicted octanol–water partition coefficient (Wildman–Crippen LogP) is 2.01. The molecule has 3 N–H and O–H groups in total. The van der Waals surface area contributed by atoms with E-state index >= 15 is 0 Å². The standard InChI is InChI=1S/C13H20N4O/c1-9(2)17(6-7-18-3)13-15-11-5-4-10(14)8-12(11)16-13/h4-5,8-9H,6-7,14H2,1-3H3,(H,15,16). The number of benzene rings is 1. The van der Waals surface area contributed by atoms with E-state index in [1.54, 1.807) is 7.11 Å². The van der Waals surface area contributed by atoms with Gasteiger partial charge in [-0.15, -0.1) is 0 Å². The molecule has 1 aromatic heterocycles. The Labute approximate surface area is 107 Å². The summed E-state index contributed by atoms with van der Waals surface area (Å²) >= 11 is 0. The molecule has 2 rings (SSSR count). The van der Waals surface area contributed by atoms with Crippen LogP contribution in [0, 0.1) is 0 Å². The summed E-state index contributed by atoms with van der Waals surface area (Å²) < 4.78 is 5.13. The molecule has 2 aromatic rings. The Morgan fingerprint density at radius 1 is 1.44 bits per heavy atom. The molecule has 0 aliphatic rings. The van der Waals surface area contributed by atoms with Crippen molar-refractivity contribution >= 4 is 22.7 Å². The molecule has 0 amide bonds. The third-order valence-corrected chi connectivity index (χ3v) is 2.93. The average molecular weight is 248 g/mol. The van der Waals surface area contributed by atoms with Gasteiger partial charge >= 0.3 is 0 Å². The molecule has 0 atom stereocenters. The Hall–Kier alpha value is -1.75. The summed E-state index contributed by atoms with van der Waals surface area (Å²) in [5.74, 6) is 0.864. The second-order valence-electron chi connectivity index (χ2n) is 4.62. The Balaban J connectivity index is 2.32. The van der Waals surface area contributed by atoms with E-state index in [2.05, 4.69) is 28.7 Å². The number of methoxy groups -OCH3 is 1. The van der Waals surface area contributed by atoms with Crippen LogP contribution in [0.3, 0.4) is 0 Å². The van der Waals surface area contributed by atoms with Crippen LogP contribution in [-0.4, -0.2) is 36.3 Å². The van der Waals surface area contributed by atoms with Crippen LogP contribution >= 0.6 is 0 Å². The van der Waals surface area contributed by atoms with Crippen LogP contribution in [0.4, 0.5) is 11.6 Å². The Morgan fingerprint density at radius 3 is 2.89 bits per heavy atom. The molecule has 1 heterocycles. The number of ether oxygens (including phenoxy) is 1. The van der Waals surface area contributed by atoms with Crippen molar-refractivity contribution in [1.82, 2.24) is 9.97 Å². The molecule has 0 aliphatic carbocycles. The lowest BCUT2D eigenvalue weighted by molar-refractivity contribution is 0.203. The van der Waals surface area contributed by atoms with E-state index in [4.69, 9.17) is 10.5 Å². The smallest absolute Gasteiger partial charge is 0.204 e. The van der Waals surface area contributed by atoms with Gasteiger partial charge in [-0.25, -0.2) is 4.98 Å². The number of nitrogens with two attached hydrogens (primary N) is 1. The zero-order valence-electron chi connectivity index (χ0n) is 11.1. The third kappa shape index (κ3) is 2.56. The molecule has 5 nitrogen and oxygen atoms in total. The molecule has 98 valence electrons. The number of hydrogen-bond donors (Lipinski definition) is 2. The van der Waals surface area contributed by atoms with Crippen molar-refractivity contribution in [3.63, 3.8) is 0 Å². The van der Waals surface area contributed by atoms with Crippen LogP contribution in [0.5, 0.6) is 0 Å². The molecule has 1 aromatic carbocycles. The molecule has 0 bridgehead atoms. The fraction of sp³-hybridized carbons (Fsp3) is 0.462. The van der Waals surface area contributed by atoms with E-state index in [1.807, 2.05) is 18.2 Å². The SMILES string of the molecule is COCCN(c1nc2ccc(N)cc2[nH]1)C(C)C. The summed E-state index contributed by atoms with van der Waals surface area (Å²) in [6, 6.07) is 6.06. The van der Waals surface area contributed by atoms with Crippen LogP contribution in [0.1, 0.15) is 13.8 Å². The van der Waals surface area contributed by atoms with Gasteiger partial charge in [-0.05, 0) is 32.0 Å². The van der Waals surface area contributed by atoms with Crippen LogP contribution in [0.25, 0.3) is 11.0 Å². The lowest BCUT2D eigenvalue weighted by atomic mass is 10.3. The lowest BCUT2D eigenvalue weighted by Crippen LogP contribution is -2.34. The summed E-state index contributed by atoms with van der Waals surface area (Å²) in [6.45, 7) is 5.76. The second-order valence-corrected chi connectivity index (χ2v) is 4.62. The van der Waals surface area contributed by atoms with Crippen LogP contribution in [0.15, 0.2) is 18.2 Å². The van der Waals surface area contributed by atoms with E-state index < -0.39 is 0 Å². The third-order valence-electron chi connectivity index (χ3n) is 2.93. The number of fused-ring (bicyclic) bond motifs is 1. The van der Waals surface area contributed by atoms with E-state index in [1.165, 1.54) is 0 Å². The van der Waals surface area contributed by atoms with Gasteiger partial charge in [0.05, 0.1) is 17.6 Å². The Kier molecular flexibility index (Phi) is 3.72. The van der Waals surface area contributed by atoms with Crippen molar-refractivity contribution in [2.75, 3.05) is 30.9 Å². The number of H-pyrrole nitrogens is 1. The molecular formula is C13H20N4O. The zero-order valence-corrected chi connectivity index (χ0v) is 11.1. The number of rotatable bonds is 5. The molecule has 18 heavy (non-hydrogen) atoms. The number of nitrogens with zero attached hydrogens (tertiary/aromatic N) is 2. The maximum Gasteiger partial charge on any atom is 0.204 e. The predicted molar refractivity (Wildman–Crippen MR) is 74.9 cm³/mol. The van der Waals surface area contributed by atoms with E-state index in [9.17, 15) is 0 Å². The fourth-order valence-electron chi connectivity index (χ4n) is 1.95. The first-order valence-corrected chi connectivity index (χ1v) is 6.12. The van der Waals surface area contributed by atoms with Gasteiger partial charge in [-0.1, -0.05) is 0 Å². The van der Waals surface area contributed by atoms with Crippen molar-refractivity contribution in [2.45, 2.75) is 19.9 Å². The molecule has 0 aliphatic heterocycles. The van der Waals surface area contributed by atoms with Crippen molar-refractivity contribution in [1.29, 1.82) is 0 Å². The van der Waals surface area contributed by atoms with Crippen LogP contribution in [-0.2, 0) is 4.74 Å². The molecule has 0 radical (unpaired) electrons. The second kappa shape index (κ2) is 5.27. The fourth-order valence-corrected chi connectivity index (χ4v) is 1.95. The molecule has 0 fully saturated rings. The van der Waals surface area contributed by atoms with E-state index in [0.717, 1.165) is 29.2 Å². The van der Waals surface area contributed by atoms with Crippen LogP contribution < -0.4 is 10.6 Å². The number of nitrogen functional groups attached to an aromatic ring is 1. The molecule has 0 unspecified atom stereocenters. The quantitative estimate of drug-likeness (QED) is 0.794. The minimum absolute atomic E-state index is 0.359. The van der Waals surface area contributed by atoms with Crippen molar-refractivity contribution < 1.29 is 4.74 Å². The average Bonchev–Trinajstić information content (AvgIpc) is 2.71. The first kappa shape index (κ1) is 12.7. The lowest BCUT2D eigenvalue weighted by Gasteiger charge is -2.25. The number of nitrogens with one attached hydrogen (secondary N) is 1. The molecular weight excluding hydrogens is 228 g/mol. The normalized spacial score (nSPS) is 11.3. The summed E-state index contributed by atoms with van der Waals surface area (Å²) in [7, 11) is 1.71. The van der Waals surface area contributed by atoms with E-state index in [-0.39, 0.29) is 0 Å². The summed E-state index contributed by atoms with van der Waals surface area (Å²) in [4.78, 5) is 10.1. The van der Waals surface area contributed by atoms with Gasteiger partial charge in [0, 0.05) is 25.4 Å². The van der Waals surface area contributed by atoms with Crippen LogP contribution in [0.2, 0.25) is 0 Å². The zero-order chi connectivity index (χ0) is 13.1. The Bertz CT molecular complexity index is 521. The van der Waals surface area contributed by atoms with Gasteiger partial charge in [-0.3, -0.25) is 0 Å². The van der Waals surface area contributed by atoms with Gasteiger partial charge in [-0.2, -0.15) is 0 Å². The molecule has 0 saturated heterocycles. The summed E-state index contributed by atoms with van der Waals surface area (Å²) in [6.07, 6.45) is 0. The molecule has 5 heteroatoms. The molecule has 0 saturated carbocycles. The number of aromatic nitrogens is 2. The van der Waals surface area contributed by atoms with Crippen molar-refractivity contribution in [3.8, 4) is 0 Å². The number of imidazole rings is 1. The summed E-state index contributed by atoms with van der Waals surface area (Å²) in [5, 5.41) is 0. The topological polar surface area (TPSA) is 67.2 Å². The van der Waals surface area contributed by atoms with Crippen molar-refractivity contribution in [2.24, 2.45) is 0 Å². The number of aromatic amines is 1. The largest absolute Gasteiger partial charge is 0.399 e. The highest BCUT2D eigenvalue weighted by Gasteiger charge is 2.14. The highest BCUT2D eigenvalue weighted by atomic mass is 16.5. The van der Waals surface area contributed by atoms with Gasteiger partial charge in [0.15, 0.2) is 0 Å². The van der Waals surface area contributed by atoms with Gasteiger partial charge in [0.1, 0.15) is 0 Å². The number of anilines is 2. The van der Waals surface area contributed by atoms with E-state index in [0.29, 0.717) is 12.6 Å². The summed E-state index contributed by atoms with van der Waals surface area (Å²) in [5.41, 5.74) is 8.41. The number of hydrogen-bond acceptors (Lipinski definition) is 4. The minimum atomic E-state index is 0.359. The highest BCUT2D eigenvalue weighted by Crippen LogP contribution is 2.20. The van der Waals surface area contributed by atoms with Gasteiger partial charge < -0.3 is 20.4 Å². The first-order valence-electron chi connectivity index (χ1n) is 6.12. The monoisotopic (exact) mass is 248 g/mol. The highest BCUT2D eigenvalue weighted by molar-refractivity contribution is 5.80. The van der Waals surface area contributed by atoms with Gasteiger partial charge in [0.2, 0.25) is 5.95 Å². The Morgan fingerprint density at radius 2 is 2.22 bits per heavy atom.